The van der Waals surface area contributed by atoms with E-state index < -0.39 is 23.0 Å². The molecule has 2 N–H and O–H groups in total. The number of hydrogen-bond acceptors (Lipinski definition) is 3. The van der Waals surface area contributed by atoms with Gasteiger partial charge in [-0.05, 0) is 43.3 Å². The number of aromatic nitrogens is 2. The second kappa shape index (κ2) is 6.56. The Morgan fingerprint density at radius 3 is 2.32 bits per heavy atom. The van der Waals surface area contributed by atoms with Crippen LogP contribution < -0.4 is 16.6 Å². The number of anilines is 1. The molecule has 1 heterocycles. The van der Waals surface area contributed by atoms with Gasteiger partial charge in [0.05, 0.1) is 5.69 Å². The number of halogens is 1. The SMILES string of the molecule is Cc1ccc(NC(=O)c2c[nH]c(=O)n(-c3ccc(F)cc3)c2=O)cc1. The van der Waals surface area contributed by atoms with Crippen molar-refractivity contribution in [2.45, 2.75) is 6.92 Å². The quantitative estimate of drug-likeness (QED) is 0.767. The van der Waals surface area contributed by atoms with Crippen LogP contribution in [-0.4, -0.2) is 15.5 Å². The highest BCUT2D eigenvalue weighted by Crippen LogP contribution is 2.10. The Kier molecular flexibility index (Phi) is 4.30. The number of H-pyrrole nitrogens is 1. The van der Waals surface area contributed by atoms with Crippen LogP contribution in [-0.2, 0) is 0 Å². The molecule has 25 heavy (non-hydrogen) atoms. The molecule has 0 unspecified atom stereocenters. The predicted molar refractivity (Wildman–Crippen MR) is 91.7 cm³/mol. The Morgan fingerprint density at radius 2 is 1.68 bits per heavy atom. The molecular formula is C18H14FN3O3. The van der Waals surface area contributed by atoms with Gasteiger partial charge in [-0.2, -0.15) is 0 Å². The fourth-order valence-corrected chi connectivity index (χ4v) is 2.30. The average molecular weight is 339 g/mol. The standard InChI is InChI=1S/C18H14FN3O3/c1-11-2-6-13(7-3-11)21-16(23)15-10-20-18(25)22(17(15)24)14-8-4-12(19)5-9-14/h2-10H,1H3,(H,20,25)(H,21,23). The number of nitrogens with one attached hydrogen (secondary N) is 2. The van der Waals surface area contributed by atoms with E-state index in [1.807, 2.05) is 19.1 Å². The van der Waals surface area contributed by atoms with Crippen molar-refractivity contribution in [2.24, 2.45) is 0 Å². The zero-order valence-corrected chi connectivity index (χ0v) is 13.2. The van der Waals surface area contributed by atoms with Crippen LogP contribution in [0.2, 0.25) is 0 Å². The van der Waals surface area contributed by atoms with Crippen LogP contribution in [0, 0.1) is 12.7 Å². The normalized spacial score (nSPS) is 10.5. The van der Waals surface area contributed by atoms with Gasteiger partial charge in [-0.3, -0.25) is 9.59 Å². The Hall–Kier alpha value is -3.48. The topological polar surface area (TPSA) is 84.0 Å². The lowest BCUT2D eigenvalue weighted by Crippen LogP contribution is -2.38. The monoisotopic (exact) mass is 339 g/mol. The average Bonchev–Trinajstić information content (AvgIpc) is 2.58. The minimum atomic E-state index is -0.792. The minimum Gasteiger partial charge on any atom is -0.322 e. The molecule has 126 valence electrons. The van der Waals surface area contributed by atoms with Gasteiger partial charge in [-0.25, -0.2) is 13.8 Å². The highest BCUT2D eigenvalue weighted by Gasteiger charge is 2.16. The summed E-state index contributed by atoms with van der Waals surface area (Å²) in [6, 6.07) is 11.9. The van der Waals surface area contributed by atoms with E-state index in [0.29, 0.717) is 5.69 Å². The molecule has 1 amide bonds. The molecule has 0 spiro atoms. The second-order valence-electron chi connectivity index (χ2n) is 5.44. The molecule has 6 nitrogen and oxygen atoms in total. The number of amides is 1. The number of carbonyl (C=O) groups is 1. The summed E-state index contributed by atoms with van der Waals surface area (Å²) in [4.78, 5) is 39.2. The summed E-state index contributed by atoms with van der Waals surface area (Å²) in [5, 5.41) is 2.60. The van der Waals surface area contributed by atoms with E-state index >= 15 is 0 Å². The summed E-state index contributed by atoms with van der Waals surface area (Å²) in [7, 11) is 0. The molecule has 0 bridgehead atoms. The first-order valence-electron chi connectivity index (χ1n) is 7.44. The van der Waals surface area contributed by atoms with Gasteiger partial charge in [0.2, 0.25) is 0 Å². The molecule has 1 aromatic heterocycles. The van der Waals surface area contributed by atoms with Gasteiger partial charge in [0.15, 0.2) is 0 Å². The molecule has 0 radical (unpaired) electrons. The van der Waals surface area contributed by atoms with Crippen LogP contribution in [0.3, 0.4) is 0 Å². The van der Waals surface area contributed by atoms with Crippen molar-refractivity contribution in [1.82, 2.24) is 9.55 Å². The van der Waals surface area contributed by atoms with E-state index in [1.165, 1.54) is 12.1 Å². The summed E-state index contributed by atoms with van der Waals surface area (Å²) in [6.45, 7) is 1.91. The van der Waals surface area contributed by atoms with E-state index in [9.17, 15) is 18.8 Å². The Labute approximate surface area is 141 Å². The second-order valence-corrected chi connectivity index (χ2v) is 5.44. The zero-order chi connectivity index (χ0) is 18.0. The maximum Gasteiger partial charge on any atom is 0.333 e. The number of aryl methyl sites for hydroxylation is 1. The van der Waals surface area contributed by atoms with Crippen molar-refractivity contribution in [3.63, 3.8) is 0 Å². The largest absolute Gasteiger partial charge is 0.333 e. The van der Waals surface area contributed by atoms with E-state index in [0.717, 1.165) is 28.5 Å². The lowest BCUT2D eigenvalue weighted by molar-refractivity contribution is 0.102. The maximum absolute atomic E-state index is 13.0. The third-order valence-corrected chi connectivity index (χ3v) is 3.62. The van der Waals surface area contributed by atoms with Crippen LogP contribution in [0.4, 0.5) is 10.1 Å². The van der Waals surface area contributed by atoms with E-state index in [1.54, 1.807) is 12.1 Å². The van der Waals surface area contributed by atoms with Crippen LogP contribution in [0.15, 0.2) is 64.3 Å². The highest BCUT2D eigenvalue weighted by molar-refractivity contribution is 6.03. The first-order valence-corrected chi connectivity index (χ1v) is 7.44. The van der Waals surface area contributed by atoms with Crippen molar-refractivity contribution in [3.8, 4) is 5.69 Å². The van der Waals surface area contributed by atoms with Crippen molar-refractivity contribution in [2.75, 3.05) is 5.32 Å². The molecule has 2 aromatic carbocycles. The summed E-state index contributed by atoms with van der Waals surface area (Å²) in [6.07, 6.45) is 1.06. The van der Waals surface area contributed by atoms with E-state index in [2.05, 4.69) is 10.3 Å². The Balaban J connectivity index is 2.00. The van der Waals surface area contributed by atoms with Gasteiger partial charge in [-0.1, -0.05) is 17.7 Å². The third kappa shape index (κ3) is 3.40. The number of carbonyl (C=O) groups excluding carboxylic acids is 1. The van der Waals surface area contributed by atoms with Crippen molar-refractivity contribution >= 4 is 11.6 Å². The maximum atomic E-state index is 13.0. The molecule has 3 rings (SSSR count). The number of hydrogen-bond donors (Lipinski definition) is 2. The van der Waals surface area contributed by atoms with Crippen molar-refractivity contribution < 1.29 is 9.18 Å². The molecule has 0 aliphatic rings. The van der Waals surface area contributed by atoms with Gasteiger partial charge < -0.3 is 10.3 Å². The Bertz CT molecular complexity index is 1030. The van der Waals surface area contributed by atoms with Gasteiger partial charge in [0.1, 0.15) is 11.4 Å². The lowest BCUT2D eigenvalue weighted by atomic mass is 10.2. The van der Waals surface area contributed by atoms with Crippen molar-refractivity contribution in [3.05, 3.63) is 92.5 Å². The molecule has 3 aromatic rings. The molecule has 0 aliphatic carbocycles. The van der Waals surface area contributed by atoms with Gasteiger partial charge in [-0.15, -0.1) is 0 Å². The van der Waals surface area contributed by atoms with E-state index in [-0.39, 0.29) is 11.3 Å². The molecule has 0 saturated heterocycles. The number of benzene rings is 2. The van der Waals surface area contributed by atoms with Gasteiger partial charge in [0, 0.05) is 11.9 Å². The minimum absolute atomic E-state index is 0.164. The molecule has 0 aliphatic heterocycles. The number of aromatic amines is 1. The fraction of sp³-hybridized carbons (Fsp3) is 0.0556. The lowest BCUT2D eigenvalue weighted by Gasteiger charge is -2.08. The first-order chi connectivity index (χ1) is 12.0. The molecular weight excluding hydrogens is 325 g/mol. The molecule has 0 atom stereocenters. The smallest absolute Gasteiger partial charge is 0.322 e. The fourth-order valence-electron chi connectivity index (χ4n) is 2.30. The summed E-state index contributed by atoms with van der Waals surface area (Å²) >= 11 is 0. The van der Waals surface area contributed by atoms with E-state index in [4.69, 9.17) is 0 Å². The van der Waals surface area contributed by atoms with Crippen LogP contribution >= 0.6 is 0 Å². The van der Waals surface area contributed by atoms with Gasteiger partial charge >= 0.3 is 5.69 Å². The van der Waals surface area contributed by atoms with Crippen LogP contribution in [0.1, 0.15) is 15.9 Å². The third-order valence-electron chi connectivity index (χ3n) is 3.62. The summed E-state index contributed by atoms with van der Waals surface area (Å²) in [5.41, 5.74) is -0.0270. The summed E-state index contributed by atoms with van der Waals surface area (Å²) in [5.74, 6) is -1.15. The van der Waals surface area contributed by atoms with Crippen LogP contribution in [0.5, 0.6) is 0 Å². The predicted octanol–water partition coefficient (Wildman–Crippen LogP) is 2.23. The number of rotatable bonds is 3. The Morgan fingerprint density at radius 1 is 1.04 bits per heavy atom. The number of nitrogens with zero attached hydrogens (tertiary/aromatic N) is 1. The molecule has 7 heteroatoms. The zero-order valence-electron chi connectivity index (χ0n) is 13.2. The highest BCUT2D eigenvalue weighted by atomic mass is 19.1. The molecule has 0 fully saturated rings. The van der Waals surface area contributed by atoms with Crippen molar-refractivity contribution in [1.29, 1.82) is 0 Å². The van der Waals surface area contributed by atoms with Crippen LogP contribution in [0.25, 0.3) is 5.69 Å². The first kappa shape index (κ1) is 16.4. The summed E-state index contributed by atoms with van der Waals surface area (Å²) < 4.78 is 13.8. The van der Waals surface area contributed by atoms with Gasteiger partial charge in [0.25, 0.3) is 11.5 Å². The molecule has 0 saturated carbocycles.